The maximum atomic E-state index is 2.42. The average molecular weight is 306 g/mol. The van der Waals surface area contributed by atoms with E-state index < -0.39 is 0 Å². The van der Waals surface area contributed by atoms with Crippen molar-refractivity contribution in [3.63, 3.8) is 0 Å². The summed E-state index contributed by atoms with van der Waals surface area (Å²) in [4.78, 5) is 0. The van der Waals surface area contributed by atoms with Crippen molar-refractivity contribution in [2.45, 2.75) is 35.5 Å². The lowest BCUT2D eigenvalue weighted by molar-refractivity contribution is 0.256. The molecule has 0 saturated heterocycles. The lowest BCUT2D eigenvalue weighted by Crippen LogP contribution is -2.36. The van der Waals surface area contributed by atoms with Crippen LogP contribution >= 0.6 is 0 Å². The Bertz CT molecular complexity index is 873. The zero-order chi connectivity index (χ0) is 15.4. The molecule has 0 radical (unpaired) electrons. The second-order valence-corrected chi connectivity index (χ2v) is 8.04. The molecule has 24 heavy (non-hydrogen) atoms. The standard InChI is InChI=1S/C24H18/c1-2-8-14-13(7-1)19-21-15-9-3-4-10-16(15)22-20(14)23(19)17-11-5-6-12-18(17)24(21)22/h1-12,19-24H. The summed E-state index contributed by atoms with van der Waals surface area (Å²) in [6.45, 7) is 0. The van der Waals surface area contributed by atoms with Crippen LogP contribution in [0.2, 0.25) is 0 Å². The van der Waals surface area contributed by atoms with Crippen molar-refractivity contribution in [1.29, 1.82) is 0 Å². The molecule has 0 amide bonds. The van der Waals surface area contributed by atoms with E-state index in [2.05, 4.69) is 72.8 Å². The molecule has 5 aliphatic carbocycles. The Morgan fingerprint density at radius 3 is 0.625 bits per heavy atom. The van der Waals surface area contributed by atoms with Gasteiger partial charge in [-0.2, -0.15) is 0 Å². The van der Waals surface area contributed by atoms with Crippen LogP contribution < -0.4 is 0 Å². The van der Waals surface area contributed by atoms with E-state index in [4.69, 9.17) is 0 Å². The number of hydrogen-bond donors (Lipinski definition) is 0. The molecule has 6 bridgehead atoms. The summed E-state index contributed by atoms with van der Waals surface area (Å²) in [7, 11) is 0. The third-order valence-electron chi connectivity index (χ3n) is 7.46. The van der Waals surface area contributed by atoms with Gasteiger partial charge in [0.05, 0.1) is 0 Å². The third kappa shape index (κ3) is 1.11. The molecule has 0 spiro atoms. The molecular formula is C24H18. The number of rotatable bonds is 0. The van der Waals surface area contributed by atoms with Crippen LogP contribution in [-0.4, -0.2) is 0 Å². The van der Waals surface area contributed by atoms with Gasteiger partial charge in [0.25, 0.3) is 0 Å². The molecule has 0 nitrogen and oxygen atoms in total. The third-order valence-corrected chi connectivity index (χ3v) is 7.46. The fourth-order valence-corrected chi connectivity index (χ4v) is 7.02. The van der Waals surface area contributed by atoms with Gasteiger partial charge in [-0.15, -0.1) is 0 Å². The zero-order valence-electron chi connectivity index (χ0n) is 13.4. The predicted octanol–water partition coefficient (Wildman–Crippen LogP) is 5.64. The van der Waals surface area contributed by atoms with Crippen LogP contribution in [0.15, 0.2) is 72.8 Å². The van der Waals surface area contributed by atoms with Crippen molar-refractivity contribution in [2.24, 2.45) is 0 Å². The van der Waals surface area contributed by atoms with E-state index >= 15 is 0 Å². The van der Waals surface area contributed by atoms with Crippen molar-refractivity contribution in [3.8, 4) is 0 Å². The highest BCUT2D eigenvalue weighted by molar-refractivity contribution is 5.65. The Balaban J connectivity index is 1.63. The van der Waals surface area contributed by atoms with E-state index in [9.17, 15) is 0 Å². The highest BCUT2D eigenvalue weighted by atomic mass is 14.7. The van der Waals surface area contributed by atoms with Crippen LogP contribution in [0.5, 0.6) is 0 Å². The van der Waals surface area contributed by atoms with E-state index in [1.807, 2.05) is 0 Å². The minimum Gasteiger partial charge on any atom is -0.0620 e. The van der Waals surface area contributed by atoms with Crippen molar-refractivity contribution >= 4 is 0 Å². The largest absolute Gasteiger partial charge is 0.0620 e. The van der Waals surface area contributed by atoms with Gasteiger partial charge in [0.1, 0.15) is 0 Å². The van der Waals surface area contributed by atoms with E-state index in [-0.39, 0.29) is 0 Å². The van der Waals surface area contributed by atoms with Gasteiger partial charge in [0.2, 0.25) is 0 Å². The summed E-state index contributed by atoms with van der Waals surface area (Å²) in [5.74, 6) is 4.12. The molecule has 114 valence electrons. The molecule has 0 heteroatoms. The van der Waals surface area contributed by atoms with E-state index in [1.54, 1.807) is 33.4 Å². The predicted molar refractivity (Wildman–Crippen MR) is 95.8 cm³/mol. The quantitative estimate of drug-likeness (QED) is 0.504. The summed E-state index contributed by atoms with van der Waals surface area (Å²) in [5.41, 5.74) is 9.88. The normalized spacial score (nSPS) is 35.5. The Kier molecular flexibility index (Phi) is 1.93. The SMILES string of the molecule is c1ccc2c(c1)C1C3c4ccccc4C4C2C1c1ccccc1C34. The Morgan fingerprint density at radius 1 is 0.292 bits per heavy atom. The minimum atomic E-state index is 0.686. The molecule has 5 aliphatic rings. The Morgan fingerprint density at radius 2 is 0.458 bits per heavy atom. The Hall–Kier alpha value is -2.34. The molecular weight excluding hydrogens is 288 g/mol. The summed E-state index contributed by atoms with van der Waals surface area (Å²) in [6, 6.07) is 28.0. The topological polar surface area (TPSA) is 0 Å². The van der Waals surface area contributed by atoms with Crippen LogP contribution in [-0.2, 0) is 0 Å². The number of hydrogen-bond acceptors (Lipinski definition) is 0. The van der Waals surface area contributed by atoms with E-state index in [0.717, 1.165) is 0 Å². The molecule has 0 N–H and O–H groups in total. The molecule has 8 rings (SSSR count). The fourth-order valence-electron chi connectivity index (χ4n) is 7.02. The van der Waals surface area contributed by atoms with Gasteiger partial charge in [-0.25, -0.2) is 0 Å². The summed E-state index contributed by atoms with van der Waals surface area (Å²) in [5, 5.41) is 0. The first-order chi connectivity index (χ1) is 11.9. The highest BCUT2D eigenvalue weighted by Gasteiger charge is 2.65. The maximum Gasteiger partial charge on any atom is -0.000900 e. The molecule has 0 heterocycles. The second-order valence-electron chi connectivity index (χ2n) is 8.04. The van der Waals surface area contributed by atoms with Gasteiger partial charge in [-0.1, -0.05) is 72.8 Å². The van der Waals surface area contributed by atoms with Gasteiger partial charge < -0.3 is 0 Å². The summed E-state index contributed by atoms with van der Waals surface area (Å²) < 4.78 is 0. The van der Waals surface area contributed by atoms with E-state index in [1.165, 1.54) is 0 Å². The van der Waals surface area contributed by atoms with Gasteiger partial charge >= 0.3 is 0 Å². The average Bonchev–Trinajstić information content (AvgIpc) is 3.09. The van der Waals surface area contributed by atoms with E-state index in [0.29, 0.717) is 35.5 Å². The summed E-state index contributed by atoms with van der Waals surface area (Å²) >= 11 is 0. The molecule has 3 aromatic rings. The van der Waals surface area contributed by atoms with Crippen LogP contribution in [0.25, 0.3) is 0 Å². The molecule has 0 aliphatic heterocycles. The second kappa shape index (κ2) is 3.83. The minimum absolute atomic E-state index is 0.686. The summed E-state index contributed by atoms with van der Waals surface area (Å²) in [6.07, 6.45) is 0. The zero-order valence-corrected chi connectivity index (χ0v) is 13.4. The lowest BCUT2D eigenvalue weighted by atomic mass is 9.53. The molecule has 0 unspecified atom stereocenters. The Labute approximate surface area is 142 Å². The smallest absolute Gasteiger partial charge is 0.000900 e. The first kappa shape index (κ1) is 12.1. The molecule has 1 fully saturated rings. The van der Waals surface area contributed by atoms with Crippen molar-refractivity contribution in [2.75, 3.05) is 0 Å². The van der Waals surface area contributed by atoms with Crippen LogP contribution in [0.3, 0.4) is 0 Å². The number of benzene rings is 3. The van der Waals surface area contributed by atoms with Gasteiger partial charge in [0, 0.05) is 0 Å². The molecule has 3 aromatic carbocycles. The molecule has 1 saturated carbocycles. The first-order valence-corrected chi connectivity index (χ1v) is 9.21. The monoisotopic (exact) mass is 306 g/mol. The van der Waals surface area contributed by atoms with Crippen molar-refractivity contribution in [1.82, 2.24) is 0 Å². The molecule has 0 aromatic heterocycles. The van der Waals surface area contributed by atoms with Gasteiger partial charge in [-0.05, 0) is 68.9 Å². The van der Waals surface area contributed by atoms with Crippen LogP contribution in [0.4, 0.5) is 0 Å². The van der Waals surface area contributed by atoms with Crippen molar-refractivity contribution in [3.05, 3.63) is 106 Å². The number of fused-ring (bicyclic) bond motifs is 2. The fraction of sp³-hybridized carbons (Fsp3) is 0.250. The van der Waals surface area contributed by atoms with Gasteiger partial charge in [0.15, 0.2) is 0 Å². The van der Waals surface area contributed by atoms with Crippen molar-refractivity contribution < 1.29 is 0 Å². The lowest BCUT2D eigenvalue weighted by Gasteiger charge is -2.49. The van der Waals surface area contributed by atoms with Gasteiger partial charge in [-0.3, -0.25) is 0 Å². The van der Waals surface area contributed by atoms with Crippen LogP contribution in [0.1, 0.15) is 68.9 Å². The maximum absolute atomic E-state index is 2.42. The molecule has 0 atom stereocenters. The van der Waals surface area contributed by atoms with Crippen LogP contribution in [0, 0.1) is 0 Å². The highest BCUT2D eigenvalue weighted by Crippen LogP contribution is 2.79. The first-order valence-electron chi connectivity index (χ1n) is 9.21.